The summed E-state index contributed by atoms with van der Waals surface area (Å²) in [6.07, 6.45) is 0.852. The molecule has 0 aliphatic heterocycles. The van der Waals surface area contributed by atoms with Crippen molar-refractivity contribution in [2.24, 2.45) is 0 Å². The second kappa shape index (κ2) is 8.94. The predicted molar refractivity (Wildman–Crippen MR) is 104 cm³/mol. The van der Waals surface area contributed by atoms with Crippen LogP contribution in [0.25, 0.3) is 11.3 Å². The minimum absolute atomic E-state index is 0.0485. The number of rotatable bonds is 8. The number of benzene rings is 2. The van der Waals surface area contributed by atoms with Crippen LogP contribution in [0, 0.1) is 0 Å². The lowest BCUT2D eigenvalue weighted by Gasteiger charge is -2.12. The quantitative estimate of drug-likeness (QED) is 0.637. The summed E-state index contributed by atoms with van der Waals surface area (Å²) < 4.78 is 0. The van der Waals surface area contributed by atoms with Gasteiger partial charge in [-0.25, -0.2) is 0 Å². The monoisotopic (exact) mass is 370 g/mol. The Morgan fingerprint density at radius 1 is 1.08 bits per heavy atom. The van der Waals surface area contributed by atoms with Crippen molar-refractivity contribution in [3.8, 4) is 11.3 Å². The molecule has 0 bridgehead atoms. The molecule has 0 aliphatic rings. The van der Waals surface area contributed by atoms with Crippen molar-refractivity contribution in [2.75, 3.05) is 6.61 Å². The lowest BCUT2D eigenvalue weighted by molar-refractivity contribution is 0.238. The molecule has 3 aromatic rings. The van der Waals surface area contributed by atoms with E-state index in [1.165, 1.54) is 0 Å². The van der Waals surface area contributed by atoms with E-state index in [9.17, 15) is 5.11 Å². The fourth-order valence-electron chi connectivity index (χ4n) is 2.75. The van der Waals surface area contributed by atoms with E-state index in [0.717, 1.165) is 28.9 Å². The van der Waals surface area contributed by atoms with Crippen LogP contribution in [0.1, 0.15) is 24.6 Å². The maximum Gasteiger partial charge on any atom is 0.117 e. The number of hydrogen-bond donors (Lipinski definition) is 2. The van der Waals surface area contributed by atoms with Crippen molar-refractivity contribution in [1.29, 1.82) is 0 Å². The third-order valence-corrected chi connectivity index (χ3v) is 4.68. The highest BCUT2D eigenvalue weighted by molar-refractivity contribution is 6.31. The Hall–Kier alpha value is -2.21. The molecular weight excluding hydrogens is 348 g/mol. The largest absolute Gasteiger partial charge is 0.395 e. The zero-order valence-electron chi connectivity index (χ0n) is 14.8. The van der Waals surface area contributed by atoms with Gasteiger partial charge >= 0.3 is 0 Å². The Labute approximate surface area is 158 Å². The summed E-state index contributed by atoms with van der Waals surface area (Å²) in [5, 5.41) is 22.8. The van der Waals surface area contributed by atoms with Crippen molar-refractivity contribution < 1.29 is 5.11 Å². The first-order chi connectivity index (χ1) is 12.7. The SMILES string of the molecule is CC[C@H](CO)NCc1nn(Cc2ccccc2Cl)nc1-c1ccccc1. The van der Waals surface area contributed by atoms with Gasteiger partial charge in [0.2, 0.25) is 0 Å². The number of hydrogen-bond acceptors (Lipinski definition) is 4. The molecular formula is C20H23ClN4O. The zero-order valence-corrected chi connectivity index (χ0v) is 15.5. The first-order valence-corrected chi connectivity index (χ1v) is 9.16. The number of aliphatic hydroxyl groups is 1. The molecule has 0 saturated heterocycles. The lowest BCUT2D eigenvalue weighted by Crippen LogP contribution is -2.31. The molecule has 0 saturated carbocycles. The van der Waals surface area contributed by atoms with E-state index in [4.69, 9.17) is 16.7 Å². The summed E-state index contributed by atoms with van der Waals surface area (Å²) in [6.45, 7) is 3.20. The average molecular weight is 371 g/mol. The van der Waals surface area contributed by atoms with E-state index < -0.39 is 0 Å². The third-order valence-electron chi connectivity index (χ3n) is 4.31. The highest BCUT2D eigenvalue weighted by Crippen LogP contribution is 2.21. The molecule has 1 aromatic heterocycles. The summed E-state index contributed by atoms with van der Waals surface area (Å²) in [6, 6.07) is 17.8. The number of aromatic nitrogens is 3. The van der Waals surface area contributed by atoms with Crippen molar-refractivity contribution >= 4 is 11.6 Å². The smallest absolute Gasteiger partial charge is 0.117 e. The molecule has 136 valence electrons. The molecule has 26 heavy (non-hydrogen) atoms. The predicted octanol–water partition coefficient (Wildman–Crippen LogP) is 3.51. The fraction of sp³-hybridized carbons (Fsp3) is 0.300. The van der Waals surface area contributed by atoms with Gasteiger partial charge in [-0.15, -0.1) is 0 Å². The summed E-state index contributed by atoms with van der Waals surface area (Å²) in [5.74, 6) is 0. The molecule has 1 heterocycles. The highest BCUT2D eigenvalue weighted by Gasteiger charge is 2.15. The molecule has 0 aliphatic carbocycles. The minimum Gasteiger partial charge on any atom is -0.395 e. The molecule has 6 heteroatoms. The van der Waals surface area contributed by atoms with Crippen LogP contribution in [-0.4, -0.2) is 32.7 Å². The molecule has 1 atom stereocenters. The first-order valence-electron chi connectivity index (χ1n) is 8.78. The van der Waals surface area contributed by atoms with Gasteiger partial charge in [-0.05, 0) is 18.1 Å². The van der Waals surface area contributed by atoms with Gasteiger partial charge in [0, 0.05) is 23.2 Å². The maximum absolute atomic E-state index is 9.40. The van der Waals surface area contributed by atoms with Gasteiger partial charge in [-0.1, -0.05) is 67.1 Å². The van der Waals surface area contributed by atoms with Crippen molar-refractivity contribution in [3.05, 3.63) is 70.9 Å². The second-order valence-corrected chi connectivity index (χ2v) is 6.56. The van der Waals surface area contributed by atoms with E-state index >= 15 is 0 Å². The van der Waals surface area contributed by atoms with Gasteiger partial charge in [0.05, 0.1) is 13.2 Å². The van der Waals surface area contributed by atoms with E-state index in [2.05, 4.69) is 10.4 Å². The summed E-state index contributed by atoms with van der Waals surface area (Å²) in [4.78, 5) is 1.68. The van der Waals surface area contributed by atoms with Gasteiger partial charge in [0.1, 0.15) is 11.4 Å². The molecule has 2 aromatic carbocycles. The van der Waals surface area contributed by atoms with Crippen molar-refractivity contribution in [3.63, 3.8) is 0 Å². The van der Waals surface area contributed by atoms with Crippen LogP contribution in [0.3, 0.4) is 0 Å². The molecule has 0 spiro atoms. The lowest BCUT2D eigenvalue weighted by atomic mass is 10.1. The van der Waals surface area contributed by atoms with Crippen LogP contribution in [0.5, 0.6) is 0 Å². The molecule has 2 N–H and O–H groups in total. The molecule has 0 radical (unpaired) electrons. The van der Waals surface area contributed by atoms with Crippen LogP contribution in [-0.2, 0) is 13.1 Å². The zero-order chi connectivity index (χ0) is 18.4. The summed E-state index contributed by atoms with van der Waals surface area (Å²) in [7, 11) is 0. The Balaban J connectivity index is 1.88. The molecule has 0 amide bonds. The van der Waals surface area contributed by atoms with Gasteiger partial charge in [0.15, 0.2) is 0 Å². The van der Waals surface area contributed by atoms with Crippen molar-refractivity contribution in [2.45, 2.75) is 32.5 Å². The normalized spacial score (nSPS) is 12.3. The molecule has 3 rings (SSSR count). The van der Waals surface area contributed by atoms with Gasteiger partial charge < -0.3 is 10.4 Å². The minimum atomic E-state index is 0.0485. The number of nitrogens with zero attached hydrogens (tertiary/aromatic N) is 3. The molecule has 5 nitrogen and oxygen atoms in total. The molecule has 0 fully saturated rings. The van der Waals surface area contributed by atoms with Crippen LogP contribution in [0.2, 0.25) is 5.02 Å². The van der Waals surface area contributed by atoms with Crippen LogP contribution >= 0.6 is 11.6 Å². The summed E-state index contributed by atoms with van der Waals surface area (Å²) >= 11 is 6.27. The van der Waals surface area contributed by atoms with E-state index in [0.29, 0.717) is 18.1 Å². The van der Waals surface area contributed by atoms with Crippen LogP contribution in [0.15, 0.2) is 54.6 Å². The van der Waals surface area contributed by atoms with Crippen molar-refractivity contribution in [1.82, 2.24) is 20.3 Å². The Kier molecular flexibility index (Phi) is 6.39. The van der Waals surface area contributed by atoms with E-state index in [1.807, 2.05) is 61.5 Å². The van der Waals surface area contributed by atoms with E-state index in [-0.39, 0.29) is 12.6 Å². The van der Waals surface area contributed by atoms with Gasteiger partial charge in [0.25, 0.3) is 0 Å². The highest BCUT2D eigenvalue weighted by atomic mass is 35.5. The second-order valence-electron chi connectivity index (χ2n) is 6.15. The number of halogens is 1. The topological polar surface area (TPSA) is 63.0 Å². The first kappa shape index (κ1) is 18.6. The standard InChI is InChI=1S/C20H23ClN4O/c1-2-17(14-26)22-12-19-20(15-8-4-3-5-9-15)24-25(23-19)13-16-10-6-7-11-18(16)21/h3-11,17,22,26H,2,12-14H2,1H3/t17-/m1/s1. The fourth-order valence-corrected chi connectivity index (χ4v) is 2.95. The number of aliphatic hydroxyl groups excluding tert-OH is 1. The maximum atomic E-state index is 9.40. The molecule has 0 unspecified atom stereocenters. The van der Waals surface area contributed by atoms with Gasteiger partial charge in [-0.3, -0.25) is 0 Å². The Morgan fingerprint density at radius 2 is 1.81 bits per heavy atom. The van der Waals surface area contributed by atoms with Crippen LogP contribution in [0.4, 0.5) is 0 Å². The number of nitrogens with one attached hydrogen (secondary N) is 1. The van der Waals surface area contributed by atoms with Crippen LogP contribution < -0.4 is 5.32 Å². The van der Waals surface area contributed by atoms with Gasteiger partial charge in [-0.2, -0.15) is 15.0 Å². The third kappa shape index (κ3) is 4.49. The average Bonchev–Trinajstić information content (AvgIpc) is 3.08. The van der Waals surface area contributed by atoms with E-state index in [1.54, 1.807) is 4.80 Å². The Bertz CT molecular complexity index is 831. The summed E-state index contributed by atoms with van der Waals surface area (Å²) in [5.41, 5.74) is 3.70. The Morgan fingerprint density at radius 3 is 2.50 bits per heavy atom.